The Morgan fingerprint density at radius 1 is 1.24 bits per heavy atom. The molecule has 4 heterocycles. The summed E-state index contributed by atoms with van der Waals surface area (Å²) < 4.78 is 103. The number of H-pyrrole nitrogens is 1. The predicted octanol–water partition coefficient (Wildman–Crippen LogP) is 2.21. The number of carbonyl (C=O) groups is 2. The van der Waals surface area contributed by atoms with Gasteiger partial charge in [0.1, 0.15) is 8.76 Å². The van der Waals surface area contributed by atoms with Crippen LogP contribution in [0.15, 0.2) is 42.4 Å². The van der Waals surface area contributed by atoms with Crippen molar-refractivity contribution in [3.8, 4) is 11.5 Å². The Kier molecular flexibility index (Phi) is 1.77. The second-order valence-corrected chi connectivity index (χ2v) is 6.68. The van der Waals surface area contributed by atoms with Gasteiger partial charge in [-0.1, -0.05) is 24.2 Å². The maximum absolute atomic E-state index is 13.7. The summed E-state index contributed by atoms with van der Waals surface area (Å²) in [5.41, 5.74) is -0.868. The van der Waals surface area contributed by atoms with Crippen LogP contribution in [0.25, 0.3) is 10.9 Å². The number of hydrogen-bond donors (Lipinski definition) is 1. The van der Waals surface area contributed by atoms with Crippen LogP contribution in [0.4, 0.5) is 0 Å². The number of amides is 2. The number of likely N-dealkylation sites (N-methyl/N-ethyl adjacent to an activating group) is 1. The van der Waals surface area contributed by atoms with Gasteiger partial charge in [-0.3, -0.25) is 9.59 Å². The van der Waals surface area contributed by atoms with Gasteiger partial charge in [-0.05, 0) is 29.3 Å². The van der Waals surface area contributed by atoms with Crippen LogP contribution < -0.4 is 9.47 Å². The monoisotopic (exact) mass is 400 g/mol. The maximum Gasteiger partial charge on any atom is 0.245 e. The van der Waals surface area contributed by atoms with Crippen molar-refractivity contribution >= 4 is 22.7 Å². The number of piperazine rings is 1. The van der Waals surface area contributed by atoms with Crippen molar-refractivity contribution in [2.75, 3.05) is 20.3 Å². The molecule has 0 saturated carbocycles. The first-order valence-electron chi connectivity index (χ1n) is 14.1. The number of rotatable bonds is 1. The zero-order valence-corrected chi connectivity index (χ0v) is 14.8. The number of nitrogens with zero attached hydrogens (tertiary/aromatic N) is 2. The molecule has 1 unspecified atom stereocenters. The molecule has 2 amide bonds. The van der Waals surface area contributed by atoms with Crippen LogP contribution in [0, 0.1) is 0 Å². The van der Waals surface area contributed by atoms with Crippen molar-refractivity contribution < 1.29 is 34.1 Å². The Labute approximate surface area is 182 Å². The van der Waals surface area contributed by atoms with Gasteiger partial charge in [-0.15, -0.1) is 0 Å². The zero-order chi connectivity index (χ0) is 29.5. The van der Waals surface area contributed by atoms with Gasteiger partial charge in [0.15, 0.2) is 11.5 Å². The van der Waals surface area contributed by atoms with E-state index in [1.165, 1.54) is 18.2 Å². The molecular formula is C22H19N3O4. The summed E-state index contributed by atoms with van der Waals surface area (Å²) >= 11 is 0. The number of ether oxygens (including phenoxy) is 2. The highest BCUT2D eigenvalue weighted by Gasteiger charge is 2.47. The fraction of sp³-hybridized carbons (Fsp3) is 0.273. The predicted molar refractivity (Wildman–Crippen MR) is 105 cm³/mol. The Hall–Kier alpha value is -3.48. The molecule has 0 bridgehead atoms. The molecule has 1 fully saturated rings. The van der Waals surface area contributed by atoms with Crippen LogP contribution in [0.3, 0.4) is 0 Å². The second-order valence-electron chi connectivity index (χ2n) is 6.68. The lowest BCUT2D eigenvalue weighted by Gasteiger charge is -2.46. The van der Waals surface area contributed by atoms with E-state index in [1.54, 1.807) is 0 Å². The van der Waals surface area contributed by atoms with E-state index in [1.807, 2.05) is 0 Å². The number of hydrogen-bond acceptors (Lipinski definition) is 4. The highest BCUT2D eigenvalue weighted by Crippen LogP contribution is 2.44. The molecular weight excluding hydrogens is 370 g/mol. The number of aromatic nitrogens is 1. The number of para-hydroxylation sites is 1. The third-order valence-electron chi connectivity index (χ3n) is 5.06. The minimum Gasteiger partial charge on any atom is -0.454 e. The summed E-state index contributed by atoms with van der Waals surface area (Å²) in [6.07, 6.45) is -3.11. The lowest BCUT2D eigenvalue weighted by molar-refractivity contribution is -0.157. The smallest absolute Gasteiger partial charge is 0.245 e. The molecule has 146 valence electrons. The molecule has 1 saturated heterocycles. The quantitative estimate of drug-likeness (QED) is 0.680. The summed E-state index contributed by atoms with van der Waals surface area (Å²) in [5, 5.41) is -0.323. The molecule has 3 aliphatic rings. The molecule has 0 aliphatic carbocycles. The van der Waals surface area contributed by atoms with E-state index in [-0.39, 0.29) is 33.7 Å². The third kappa shape index (κ3) is 2.24. The van der Waals surface area contributed by atoms with Gasteiger partial charge in [0.2, 0.25) is 18.6 Å². The van der Waals surface area contributed by atoms with E-state index in [9.17, 15) is 11.0 Å². The van der Waals surface area contributed by atoms with Crippen molar-refractivity contribution in [1.82, 2.24) is 14.8 Å². The van der Waals surface area contributed by atoms with E-state index in [4.69, 9.17) is 23.2 Å². The van der Waals surface area contributed by atoms with Crippen LogP contribution in [0.5, 0.6) is 11.5 Å². The molecule has 0 spiro atoms. The molecule has 3 aliphatic heterocycles. The van der Waals surface area contributed by atoms with Crippen molar-refractivity contribution in [2.45, 2.75) is 18.4 Å². The van der Waals surface area contributed by atoms with Gasteiger partial charge in [0, 0.05) is 32.8 Å². The van der Waals surface area contributed by atoms with Crippen LogP contribution in [-0.2, 0) is 16.0 Å². The molecule has 29 heavy (non-hydrogen) atoms. The molecule has 2 aromatic carbocycles. The van der Waals surface area contributed by atoms with Gasteiger partial charge in [0.25, 0.3) is 0 Å². The van der Waals surface area contributed by atoms with E-state index >= 15 is 0 Å². The lowest BCUT2D eigenvalue weighted by Crippen LogP contribution is -2.62. The molecule has 3 aromatic rings. The Morgan fingerprint density at radius 2 is 2.07 bits per heavy atom. The SMILES string of the molecule is [2H]c1c([2H])c([2H])c2c3c([nH]c2c1[2H])C(c1ccc2c(c1)OC([2H])([2H])O2)N1C(=O)C([2H])([2H])N(C)C(=O)[C@@]1([2H])C3([2H])[2H]. The number of fused-ring (bicyclic) bond motifs is 5. The summed E-state index contributed by atoms with van der Waals surface area (Å²) in [6, 6.07) is -3.36. The van der Waals surface area contributed by atoms with Crippen LogP contribution in [0.2, 0.25) is 0 Å². The zero-order valence-electron chi connectivity index (χ0n) is 25.8. The van der Waals surface area contributed by atoms with E-state index < -0.39 is 73.2 Å². The third-order valence-corrected chi connectivity index (χ3v) is 5.06. The molecule has 2 atom stereocenters. The van der Waals surface area contributed by atoms with E-state index in [0.717, 1.165) is 7.05 Å². The van der Waals surface area contributed by atoms with Crippen LogP contribution in [-0.4, -0.2) is 52.9 Å². The summed E-state index contributed by atoms with van der Waals surface area (Å²) in [6.45, 7) is -5.51. The first kappa shape index (κ1) is 8.90. The fourth-order valence-electron chi connectivity index (χ4n) is 3.76. The first-order chi connectivity index (χ1) is 18.4. The molecule has 7 nitrogen and oxygen atoms in total. The number of aromatic amines is 1. The van der Waals surface area contributed by atoms with E-state index in [2.05, 4.69) is 4.98 Å². The molecule has 1 aromatic heterocycles. The van der Waals surface area contributed by atoms with Gasteiger partial charge < -0.3 is 24.3 Å². The largest absolute Gasteiger partial charge is 0.454 e. The fourth-order valence-corrected chi connectivity index (χ4v) is 3.76. The van der Waals surface area contributed by atoms with Gasteiger partial charge >= 0.3 is 0 Å². The molecule has 7 heteroatoms. The van der Waals surface area contributed by atoms with Crippen molar-refractivity contribution in [1.29, 1.82) is 0 Å². The second kappa shape index (κ2) is 5.76. The summed E-state index contributed by atoms with van der Waals surface area (Å²) in [4.78, 5) is 31.0. The average Bonchev–Trinajstić information content (AvgIpc) is 3.42. The van der Waals surface area contributed by atoms with Crippen molar-refractivity contribution in [3.63, 3.8) is 0 Å². The lowest BCUT2D eigenvalue weighted by atomic mass is 9.86. The normalized spacial score (nSPS) is 36.0. The van der Waals surface area contributed by atoms with Crippen LogP contribution in [0.1, 0.15) is 37.9 Å². The standard InChI is InChI=1S/C22H19N3O4/c1-24-10-19(26)25-16(22(24)27)9-14-13-4-2-3-5-15(13)23-20(14)21(25)12-6-7-17-18(8-12)29-11-28-17/h2-8,16,21,23H,9-11H2,1H3/t16-,21?/m1/s1/i2D,3D,4D,5D,9D2,10D2,11D2,16D. The number of benzene rings is 2. The molecule has 1 N–H and O–H groups in total. The number of nitrogens with one attached hydrogen (secondary N) is 1. The average molecular weight is 400 g/mol. The van der Waals surface area contributed by atoms with Gasteiger partial charge in [-0.25, -0.2) is 0 Å². The van der Waals surface area contributed by atoms with Crippen LogP contribution >= 0.6 is 0 Å². The minimum absolute atomic E-state index is 0.00964. The van der Waals surface area contributed by atoms with Gasteiger partial charge in [-0.2, -0.15) is 0 Å². The first-order valence-corrected chi connectivity index (χ1v) is 8.64. The van der Waals surface area contributed by atoms with E-state index in [0.29, 0.717) is 9.80 Å². The highest BCUT2D eigenvalue weighted by molar-refractivity contribution is 5.97. The van der Waals surface area contributed by atoms with Gasteiger partial charge in [0.05, 0.1) is 22.1 Å². The maximum atomic E-state index is 13.7. The summed E-state index contributed by atoms with van der Waals surface area (Å²) in [5.74, 6) is -2.95. The summed E-state index contributed by atoms with van der Waals surface area (Å²) in [7, 11) is 0.929. The Morgan fingerprint density at radius 3 is 2.97 bits per heavy atom. The minimum atomic E-state index is -3.13. The number of carbonyl (C=O) groups excluding carboxylic acids is 2. The Balaban J connectivity index is 1.75. The van der Waals surface area contributed by atoms with Crippen molar-refractivity contribution in [3.05, 3.63) is 59.2 Å². The molecule has 0 radical (unpaired) electrons. The highest BCUT2D eigenvalue weighted by atomic mass is 16.7. The van der Waals surface area contributed by atoms with Crippen molar-refractivity contribution in [2.24, 2.45) is 0 Å². The topological polar surface area (TPSA) is 74.9 Å². The Bertz CT molecular complexity index is 1690. The molecule has 6 rings (SSSR count).